The molecule has 2 N–H and O–H groups in total. The molecule has 0 fully saturated rings. The highest BCUT2D eigenvalue weighted by Gasteiger charge is 2.06. The van der Waals surface area contributed by atoms with Crippen molar-refractivity contribution in [2.75, 3.05) is 6.61 Å². The number of carbonyl (C=O) groups excluding carboxylic acids is 1. The molecule has 5 nitrogen and oxygen atoms in total. The SMILES string of the molecule is CC(=O)COc1ccc(S(N)(=O)=O)cc1. The van der Waals surface area contributed by atoms with Gasteiger partial charge in [0.25, 0.3) is 0 Å². The van der Waals surface area contributed by atoms with Gasteiger partial charge in [-0.25, -0.2) is 13.6 Å². The predicted octanol–water partition coefficient (Wildman–Crippen LogP) is 0.302. The molecule has 0 heterocycles. The number of hydrogen-bond donors (Lipinski definition) is 1. The van der Waals surface area contributed by atoms with Crippen molar-refractivity contribution in [1.29, 1.82) is 0 Å². The van der Waals surface area contributed by atoms with E-state index in [-0.39, 0.29) is 17.3 Å². The first-order valence-electron chi connectivity index (χ1n) is 4.15. The van der Waals surface area contributed by atoms with E-state index in [4.69, 9.17) is 9.88 Å². The Morgan fingerprint density at radius 2 is 1.87 bits per heavy atom. The minimum absolute atomic E-state index is 0.0117. The average molecular weight is 229 g/mol. The van der Waals surface area contributed by atoms with E-state index in [2.05, 4.69) is 0 Å². The van der Waals surface area contributed by atoms with Gasteiger partial charge in [-0.2, -0.15) is 0 Å². The molecule has 1 rings (SSSR count). The topological polar surface area (TPSA) is 86.5 Å². The fourth-order valence-corrected chi connectivity index (χ4v) is 1.43. The number of carbonyl (C=O) groups is 1. The zero-order chi connectivity index (χ0) is 11.5. The predicted molar refractivity (Wildman–Crippen MR) is 54.0 cm³/mol. The lowest BCUT2D eigenvalue weighted by Gasteiger charge is -2.04. The molecule has 1 aromatic carbocycles. The minimum atomic E-state index is -3.67. The Morgan fingerprint density at radius 3 is 2.27 bits per heavy atom. The van der Waals surface area contributed by atoms with Crippen molar-refractivity contribution in [3.05, 3.63) is 24.3 Å². The van der Waals surface area contributed by atoms with Crippen molar-refractivity contribution >= 4 is 15.8 Å². The van der Waals surface area contributed by atoms with E-state index in [0.717, 1.165) is 0 Å². The number of benzene rings is 1. The third kappa shape index (κ3) is 3.69. The van der Waals surface area contributed by atoms with Crippen LogP contribution in [-0.4, -0.2) is 20.8 Å². The Hall–Kier alpha value is -1.40. The maximum Gasteiger partial charge on any atom is 0.238 e. The summed E-state index contributed by atoms with van der Waals surface area (Å²) in [5.41, 5.74) is 0. The highest BCUT2D eigenvalue weighted by Crippen LogP contribution is 2.14. The molecule has 0 radical (unpaired) electrons. The quantitative estimate of drug-likeness (QED) is 0.804. The number of nitrogens with two attached hydrogens (primary N) is 1. The highest BCUT2D eigenvalue weighted by molar-refractivity contribution is 7.89. The number of hydrogen-bond acceptors (Lipinski definition) is 4. The number of ketones is 1. The van der Waals surface area contributed by atoms with Crippen molar-refractivity contribution in [3.8, 4) is 5.75 Å². The Bertz CT molecular complexity index is 450. The summed E-state index contributed by atoms with van der Waals surface area (Å²) in [5, 5.41) is 4.91. The summed E-state index contributed by atoms with van der Waals surface area (Å²) in [5.74, 6) is 0.322. The second-order valence-electron chi connectivity index (χ2n) is 3.01. The molecule has 0 spiro atoms. The van der Waals surface area contributed by atoms with Crippen molar-refractivity contribution < 1.29 is 17.9 Å². The van der Waals surface area contributed by atoms with Gasteiger partial charge in [0, 0.05) is 0 Å². The van der Waals surface area contributed by atoms with Gasteiger partial charge >= 0.3 is 0 Å². The first-order chi connectivity index (χ1) is 6.89. The van der Waals surface area contributed by atoms with Crippen molar-refractivity contribution in [3.63, 3.8) is 0 Å². The van der Waals surface area contributed by atoms with Crippen LogP contribution in [0.25, 0.3) is 0 Å². The lowest BCUT2D eigenvalue weighted by atomic mass is 10.3. The van der Waals surface area contributed by atoms with Gasteiger partial charge in [0.1, 0.15) is 12.4 Å². The van der Waals surface area contributed by atoms with Crippen LogP contribution in [0, 0.1) is 0 Å². The molecule has 6 heteroatoms. The van der Waals surface area contributed by atoms with E-state index < -0.39 is 10.0 Å². The van der Waals surface area contributed by atoms with E-state index in [1.165, 1.54) is 31.2 Å². The number of Topliss-reactive ketones (excluding diaryl/α,β-unsaturated/α-hetero) is 1. The van der Waals surface area contributed by atoms with Gasteiger partial charge in [-0.1, -0.05) is 0 Å². The van der Waals surface area contributed by atoms with Gasteiger partial charge in [0.15, 0.2) is 5.78 Å². The molecule has 0 aliphatic carbocycles. The summed E-state index contributed by atoms with van der Waals surface area (Å²) in [6.45, 7) is 1.37. The summed E-state index contributed by atoms with van der Waals surface area (Å²) in [7, 11) is -3.67. The number of ether oxygens (including phenoxy) is 1. The van der Waals surface area contributed by atoms with Crippen molar-refractivity contribution in [2.24, 2.45) is 5.14 Å². The molecule has 0 unspecified atom stereocenters. The van der Waals surface area contributed by atoms with E-state index >= 15 is 0 Å². The molecule has 15 heavy (non-hydrogen) atoms. The second-order valence-corrected chi connectivity index (χ2v) is 4.57. The fraction of sp³-hybridized carbons (Fsp3) is 0.222. The molecule has 0 saturated heterocycles. The number of sulfonamides is 1. The Balaban J connectivity index is 2.77. The van der Waals surface area contributed by atoms with E-state index in [0.29, 0.717) is 5.75 Å². The number of rotatable bonds is 4. The van der Waals surface area contributed by atoms with Crippen LogP contribution >= 0.6 is 0 Å². The maximum atomic E-state index is 10.9. The summed E-state index contributed by atoms with van der Waals surface area (Å²) < 4.78 is 26.8. The molecule has 0 aromatic heterocycles. The maximum absolute atomic E-state index is 10.9. The zero-order valence-electron chi connectivity index (χ0n) is 8.14. The van der Waals surface area contributed by atoms with Gasteiger partial charge in [0.05, 0.1) is 4.90 Å². The van der Waals surface area contributed by atoms with Crippen molar-refractivity contribution in [2.45, 2.75) is 11.8 Å². The average Bonchev–Trinajstić information content (AvgIpc) is 2.14. The smallest absolute Gasteiger partial charge is 0.238 e. The summed E-state index contributed by atoms with van der Waals surface area (Å²) in [4.78, 5) is 10.6. The third-order valence-corrected chi connectivity index (χ3v) is 2.52. The minimum Gasteiger partial charge on any atom is -0.486 e. The third-order valence-electron chi connectivity index (χ3n) is 1.59. The van der Waals surface area contributed by atoms with Gasteiger partial charge in [-0.05, 0) is 31.2 Å². The van der Waals surface area contributed by atoms with Gasteiger partial charge in [0.2, 0.25) is 10.0 Å². The summed E-state index contributed by atoms with van der Waals surface area (Å²) >= 11 is 0. The van der Waals surface area contributed by atoms with Crippen LogP contribution in [0.5, 0.6) is 5.75 Å². The monoisotopic (exact) mass is 229 g/mol. The zero-order valence-corrected chi connectivity index (χ0v) is 8.95. The largest absolute Gasteiger partial charge is 0.486 e. The van der Waals surface area contributed by atoms with Crippen LogP contribution in [0.15, 0.2) is 29.2 Å². The first kappa shape index (κ1) is 11.7. The molecule has 0 saturated carbocycles. The van der Waals surface area contributed by atoms with Gasteiger partial charge in [-0.3, -0.25) is 4.79 Å². The van der Waals surface area contributed by atoms with Crippen LogP contribution in [0.4, 0.5) is 0 Å². The van der Waals surface area contributed by atoms with E-state index in [1.807, 2.05) is 0 Å². The molecule has 0 amide bonds. The first-order valence-corrected chi connectivity index (χ1v) is 5.69. The molecule has 1 aromatic rings. The van der Waals surface area contributed by atoms with Crippen LogP contribution in [0.2, 0.25) is 0 Å². The fourth-order valence-electron chi connectivity index (χ4n) is 0.911. The van der Waals surface area contributed by atoms with E-state index in [1.54, 1.807) is 0 Å². The van der Waals surface area contributed by atoms with Gasteiger partial charge in [-0.15, -0.1) is 0 Å². The second kappa shape index (κ2) is 4.41. The Morgan fingerprint density at radius 1 is 1.33 bits per heavy atom. The van der Waals surface area contributed by atoms with Crippen LogP contribution in [0.1, 0.15) is 6.92 Å². The molecule has 0 aliphatic rings. The van der Waals surface area contributed by atoms with Crippen LogP contribution in [-0.2, 0) is 14.8 Å². The normalized spacial score (nSPS) is 11.1. The Labute approximate surface area is 87.9 Å². The highest BCUT2D eigenvalue weighted by atomic mass is 32.2. The molecular formula is C9H11NO4S. The summed E-state index contributed by atoms with van der Waals surface area (Å²) in [6, 6.07) is 5.54. The number of primary sulfonamides is 1. The standard InChI is InChI=1S/C9H11NO4S/c1-7(11)6-14-8-2-4-9(5-3-8)15(10,12)13/h2-5H,6H2,1H3,(H2,10,12,13). The Kier molecular flexibility index (Phi) is 3.43. The van der Waals surface area contributed by atoms with Gasteiger partial charge < -0.3 is 4.74 Å². The van der Waals surface area contributed by atoms with Crippen molar-refractivity contribution in [1.82, 2.24) is 0 Å². The van der Waals surface area contributed by atoms with E-state index in [9.17, 15) is 13.2 Å². The lowest BCUT2D eigenvalue weighted by molar-refractivity contribution is -0.118. The van der Waals surface area contributed by atoms with Crippen LogP contribution in [0.3, 0.4) is 0 Å². The molecule has 0 aliphatic heterocycles. The molecule has 0 bridgehead atoms. The molecule has 0 atom stereocenters. The van der Waals surface area contributed by atoms with Crippen LogP contribution < -0.4 is 9.88 Å². The summed E-state index contributed by atoms with van der Waals surface area (Å²) in [6.07, 6.45) is 0. The lowest BCUT2D eigenvalue weighted by Crippen LogP contribution is -2.12. The molecular weight excluding hydrogens is 218 g/mol. The molecule has 82 valence electrons.